The Hall–Kier alpha value is -6.66. The van der Waals surface area contributed by atoms with Crippen molar-refractivity contribution in [3.8, 4) is 16.9 Å². The number of aliphatic hydroxyl groups excluding tert-OH is 1. The molecule has 0 spiro atoms. The largest absolute Gasteiger partial charge is 0.493 e. The second-order valence-corrected chi connectivity index (χ2v) is 20.7. The van der Waals surface area contributed by atoms with Crippen LogP contribution < -0.4 is 15.4 Å². The van der Waals surface area contributed by atoms with Gasteiger partial charge in [0.15, 0.2) is 6.29 Å². The highest BCUT2D eigenvalue weighted by Crippen LogP contribution is 2.44. The highest BCUT2D eigenvalue weighted by Gasteiger charge is 2.33. The number of piperidine rings is 1. The zero-order valence-corrected chi connectivity index (χ0v) is 43.5. The molecule has 73 heavy (non-hydrogen) atoms. The van der Waals surface area contributed by atoms with Crippen LogP contribution in [0.15, 0.2) is 60.7 Å². The average Bonchev–Trinajstić information content (AvgIpc) is 3.92. The molecule has 2 aliphatic rings. The SMILES string of the molecule is Cc1cc(C(=O)NC2CCC(=O)NC2=O)c2nc(C)n(CC(=O)N3CCN(CCn4c(C(O)OC(C)(C)C)c(CCCOc5cccc6cc(F)ccc56)c5ccc(Cl)c(-c6c(C)nn(C)c6C)c54)CC3)c2c1. The molecule has 2 saturated heterocycles. The molecule has 4 aromatic carbocycles. The zero-order chi connectivity index (χ0) is 52.0. The molecule has 2 atom stereocenters. The maximum Gasteiger partial charge on any atom is 0.254 e. The standard InChI is InChI=1S/C55H63ClFN9O7/c1-31-27-40(52(69)59-42-18-19-45(67)60-53(42)70)49-43(28-31)66(34(4)58-49)30-46(68)64-23-20-63(21-24-64)22-25-65-50-39(16-17-41(56)48(50)47-32(2)61-62(8)33(47)3)38(51(65)54(71)73-55(5,6)7)12-10-26-72-44-13-9-11-35-29-36(57)14-15-37(35)44/h9,11,13-17,27-29,42,54,71H,10,12,18-26,30H2,1-8H3,(H,59,69)(H,60,67,70). The lowest BCUT2D eigenvalue weighted by Crippen LogP contribution is -2.52. The molecule has 4 amide bonds. The van der Waals surface area contributed by atoms with Gasteiger partial charge in [-0.2, -0.15) is 5.10 Å². The number of ether oxygens (including phenoxy) is 2. The number of piperazine rings is 1. The summed E-state index contributed by atoms with van der Waals surface area (Å²) in [7, 11) is 1.91. The zero-order valence-electron chi connectivity index (χ0n) is 42.7. The first kappa shape index (κ1) is 51.2. The number of carbonyl (C=O) groups excluding carboxylic acids is 4. The first-order valence-corrected chi connectivity index (χ1v) is 25.3. The number of imide groups is 1. The molecule has 3 aromatic heterocycles. The van der Waals surface area contributed by atoms with Gasteiger partial charge in [0.2, 0.25) is 17.7 Å². The van der Waals surface area contributed by atoms with Crippen LogP contribution in [0.4, 0.5) is 4.39 Å². The molecule has 16 nitrogen and oxygen atoms in total. The molecule has 9 rings (SSSR count). The number of carbonyl (C=O) groups is 4. The van der Waals surface area contributed by atoms with E-state index in [0.717, 1.165) is 55.3 Å². The van der Waals surface area contributed by atoms with Crippen LogP contribution in [-0.2, 0) is 45.7 Å². The van der Waals surface area contributed by atoms with Crippen LogP contribution in [0.5, 0.6) is 5.75 Å². The summed E-state index contributed by atoms with van der Waals surface area (Å²) in [5, 5.41) is 25.1. The lowest BCUT2D eigenvalue weighted by Gasteiger charge is -2.35. The molecule has 5 heterocycles. The van der Waals surface area contributed by atoms with E-state index in [4.69, 9.17) is 31.2 Å². The van der Waals surface area contributed by atoms with E-state index in [1.54, 1.807) is 19.1 Å². The van der Waals surface area contributed by atoms with Crippen LogP contribution in [0.1, 0.15) is 90.7 Å². The monoisotopic (exact) mass is 1020 g/mol. The van der Waals surface area contributed by atoms with Gasteiger partial charge >= 0.3 is 0 Å². The number of hydrogen-bond donors (Lipinski definition) is 3. The predicted molar refractivity (Wildman–Crippen MR) is 278 cm³/mol. The van der Waals surface area contributed by atoms with Crippen molar-refractivity contribution >= 4 is 67.9 Å². The van der Waals surface area contributed by atoms with Crippen molar-refractivity contribution < 1.29 is 38.1 Å². The number of benzene rings is 4. The summed E-state index contributed by atoms with van der Waals surface area (Å²) in [6.07, 6.45) is 0.182. The minimum Gasteiger partial charge on any atom is -0.493 e. The van der Waals surface area contributed by atoms with Crippen molar-refractivity contribution in [1.29, 1.82) is 0 Å². The lowest BCUT2D eigenvalue weighted by atomic mass is 9.98. The van der Waals surface area contributed by atoms with Crippen LogP contribution in [0.2, 0.25) is 5.02 Å². The first-order valence-electron chi connectivity index (χ1n) is 24.9. The van der Waals surface area contributed by atoms with Gasteiger partial charge in [-0.05, 0) is 127 Å². The highest BCUT2D eigenvalue weighted by atomic mass is 35.5. The Kier molecular flexibility index (Phi) is 14.5. The second-order valence-electron chi connectivity index (χ2n) is 20.3. The Balaban J connectivity index is 0.960. The van der Waals surface area contributed by atoms with Crippen LogP contribution in [0, 0.1) is 33.5 Å². The Morgan fingerprint density at radius 2 is 1.71 bits per heavy atom. The fourth-order valence-corrected chi connectivity index (χ4v) is 10.7. The Morgan fingerprint density at radius 1 is 0.959 bits per heavy atom. The van der Waals surface area contributed by atoms with Crippen LogP contribution in [0.3, 0.4) is 0 Å². The van der Waals surface area contributed by atoms with Gasteiger partial charge < -0.3 is 33.9 Å². The summed E-state index contributed by atoms with van der Waals surface area (Å²) in [6.45, 7) is 17.0. The summed E-state index contributed by atoms with van der Waals surface area (Å²) in [5.41, 5.74) is 7.39. The molecule has 3 N–H and O–H groups in total. The van der Waals surface area contributed by atoms with Gasteiger partial charge in [-0.15, -0.1) is 0 Å². The van der Waals surface area contributed by atoms with E-state index in [1.165, 1.54) is 12.1 Å². The number of aromatic nitrogens is 5. The molecule has 2 unspecified atom stereocenters. The fourth-order valence-electron chi connectivity index (χ4n) is 10.5. The molecule has 2 aliphatic heterocycles. The van der Waals surface area contributed by atoms with Crippen molar-refractivity contribution in [2.24, 2.45) is 7.05 Å². The molecule has 0 aliphatic carbocycles. The van der Waals surface area contributed by atoms with Crippen molar-refractivity contribution in [1.82, 2.24) is 44.3 Å². The third-order valence-electron chi connectivity index (χ3n) is 14.0. The lowest BCUT2D eigenvalue weighted by molar-refractivity contribution is -0.173. The topological polar surface area (TPSA) is 178 Å². The van der Waals surface area contributed by atoms with Crippen molar-refractivity contribution in [2.45, 2.75) is 105 Å². The van der Waals surface area contributed by atoms with E-state index in [1.807, 2.05) is 99.1 Å². The van der Waals surface area contributed by atoms with E-state index in [2.05, 4.69) is 20.1 Å². The highest BCUT2D eigenvalue weighted by molar-refractivity contribution is 6.35. The number of hydrogen-bond acceptors (Lipinski definition) is 10. The Bertz CT molecular complexity index is 3310. The molecular weight excluding hydrogens is 953 g/mol. The number of fused-ring (bicyclic) bond motifs is 3. The molecule has 0 saturated carbocycles. The van der Waals surface area contributed by atoms with Crippen molar-refractivity contribution in [3.05, 3.63) is 111 Å². The van der Waals surface area contributed by atoms with Gasteiger partial charge in [0.25, 0.3) is 5.91 Å². The van der Waals surface area contributed by atoms with E-state index < -0.39 is 29.7 Å². The summed E-state index contributed by atoms with van der Waals surface area (Å²) < 4.78 is 32.7. The number of amides is 4. The molecule has 0 bridgehead atoms. The maximum atomic E-state index is 14.1. The second kappa shape index (κ2) is 20.7. The minimum absolute atomic E-state index is 0.0246. The minimum atomic E-state index is -1.30. The van der Waals surface area contributed by atoms with Crippen LogP contribution in [0.25, 0.3) is 43.8 Å². The van der Waals surface area contributed by atoms with Crippen molar-refractivity contribution in [3.63, 3.8) is 0 Å². The number of imidazole rings is 1. The van der Waals surface area contributed by atoms with Gasteiger partial charge in [-0.3, -0.25) is 34.1 Å². The predicted octanol–water partition coefficient (Wildman–Crippen LogP) is 7.77. The third kappa shape index (κ3) is 10.6. The van der Waals surface area contributed by atoms with E-state index in [-0.39, 0.29) is 42.6 Å². The smallest absolute Gasteiger partial charge is 0.254 e. The number of rotatable bonds is 15. The first-order chi connectivity index (χ1) is 34.8. The molecule has 2 fully saturated rings. The summed E-state index contributed by atoms with van der Waals surface area (Å²) >= 11 is 7.24. The van der Waals surface area contributed by atoms with Gasteiger partial charge in [0, 0.05) is 80.3 Å². The van der Waals surface area contributed by atoms with Gasteiger partial charge in [-0.1, -0.05) is 29.8 Å². The van der Waals surface area contributed by atoms with Gasteiger partial charge in [0.05, 0.1) is 45.2 Å². The van der Waals surface area contributed by atoms with E-state index in [9.17, 15) is 28.7 Å². The molecule has 0 radical (unpaired) electrons. The third-order valence-corrected chi connectivity index (χ3v) is 14.4. The number of nitrogens with one attached hydrogen (secondary N) is 2. The number of nitrogens with zero attached hydrogens (tertiary/aromatic N) is 7. The summed E-state index contributed by atoms with van der Waals surface area (Å²) in [6, 6.07) is 17.0. The fraction of sp³-hybridized carbons (Fsp3) is 0.418. The molecular formula is C55H63ClFN9O7. The summed E-state index contributed by atoms with van der Waals surface area (Å²) in [5.74, 6) is -0.541. The average molecular weight is 1020 g/mol. The Labute approximate surface area is 428 Å². The Morgan fingerprint density at radius 3 is 2.42 bits per heavy atom. The van der Waals surface area contributed by atoms with Gasteiger partial charge in [0.1, 0.15) is 35.5 Å². The normalized spacial score (nSPS) is 16.2. The quantitative estimate of drug-likeness (QED) is 0.0523. The van der Waals surface area contributed by atoms with Gasteiger partial charge in [-0.25, -0.2) is 9.37 Å². The maximum absolute atomic E-state index is 14.1. The number of aryl methyl sites for hydroxylation is 5. The number of halogens is 2. The molecule has 384 valence electrons. The van der Waals surface area contributed by atoms with Crippen molar-refractivity contribution in [2.75, 3.05) is 39.3 Å². The molecule has 7 aromatic rings. The summed E-state index contributed by atoms with van der Waals surface area (Å²) in [4.78, 5) is 60.7. The molecule has 18 heteroatoms. The van der Waals surface area contributed by atoms with Crippen LogP contribution in [-0.4, -0.2) is 113 Å². The van der Waals surface area contributed by atoms with Crippen LogP contribution >= 0.6 is 11.6 Å². The number of aliphatic hydroxyl groups is 1. The van der Waals surface area contributed by atoms with E-state index in [0.29, 0.717) is 92.0 Å². The van der Waals surface area contributed by atoms with E-state index >= 15 is 0 Å².